The monoisotopic (exact) mass is 304 g/mol. The van der Waals surface area contributed by atoms with Crippen molar-refractivity contribution in [3.63, 3.8) is 0 Å². The first kappa shape index (κ1) is 14.7. The number of hydrogen-bond donors (Lipinski definition) is 1. The molecular weight excluding hydrogens is 292 g/mol. The summed E-state index contributed by atoms with van der Waals surface area (Å²) in [4.78, 5) is 19.4. The maximum atomic E-state index is 12.6. The molecule has 1 heterocycles. The van der Waals surface area contributed by atoms with Gasteiger partial charge in [0.05, 0.1) is 4.90 Å². The van der Waals surface area contributed by atoms with E-state index in [-0.39, 0.29) is 10.8 Å². The van der Waals surface area contributed by atoms with Crippen molar-refractivity contribution in [1.82, 2.24) is 9.97 Å². The van der Waals surface area contributed by atoms with E-state index < -0.39 is 15.9 Å². The summed E-state index contributed by atoms with van der Waals surface area (Å²) >= 11 is 0. The second-order valence-corrected chi connectivity index (χ2v) is 5.72. The molecule has 0 aliphatic heterocycles. The van der Waals surface area contributed by atoms with Crippen LogP contribution in [0.1, 0.15) is 0 Å². The van der Waals surface area contributed by atoms with Crippen LogP contribution in [0.5, 0.6) is 0 Å². The number of carbonyl (C=O) groups is 1. The molecule has 1 amide bonds. The van der Waals surface area contributed by atoms with Crippen molar-refractivity contribution >= 4 is 27.6 Å². The molecule has 108 valence electrons. The number of nitrogen functional groups attached to an aromatic ring is 1. The predicted molar refractivity (Wildman–Crippen MR) is 77.8 cm³/mol. The van der Waals surface area contributed by atoms with Gasteiger partial charge in [-0.2, -0.15) is 4.31 Å². The largest absolute Gasteiger partial charge is 0.399 e. The molecule has 0 aliphatic rings. The fraction of sp³-hybridized carbons (Fsp3) is 0. The van der Waals surface area contributed by atoms with Crippen LogP contribution in [0.25, 0.3) is 0 Å². The standard InChI is InChI=1S/C13H12N4O3S/c1-2-12(18)17(13-15-8-3-9-16-13)21(19,20)11-6-4-10(14)5-7-11/h2-9H,1,14H2. The van der Waals surface area contributed by atoms with Gasteiger partial charge >= 0.3 is 0 Å². The van der Waals surface area contributed by atoms with Crippen molar-refractivity contribution in [2.24, 2.45) is 0 Å². The van der Waals surface area contributed by atoms with Crippen LogP contribution in [0.15, 0.2) is 60.3 Å². The molecule has 0 radical (unpaired) electrons. The lowest BCUT2D eigenvalue weighted by molar-refractivity contribution is -0.113. The summed E-state index contributed by atoms with van der Waals surface area (Å²) in [5.74, 6) is -1.10. The van der Waals surface area contributed by atoms with Gasteiger partial charge in [0.15, 0.2) is 0 Å². The fourth-order valence-electron chi connectivity index (χ4n) is 1.55. The average Bonchev–Trinajstić information content (AvgIpc) is 2.48. The average molecular weight is 304 g/mol. The highest BCUT2D eigenvalue weighted by molar-refractivity contribution is 7.93. The van der Waals surface area contributed by atoms with Crippen LogP contribution in [0.2, 0.25) is 0 Å². The minimum Gasteiger partial charge on any atom is -0.399 e. The highest BCUT2D eigenvalue weighted by atomic mass is 32.2. The van der Waals surface area contributed by atoms with Gasteiger partial charge in [-0.25, -0.2) is 18.4 Å². The second-order valence-electron chi connectivity index (χ2n) is 3.93. The van der Waals surface area contributed by atoms with Gasteiger partial charge in [-0.3, -0.25) is 4.79 Å². The van der Waals surface area contributed by atoms with Crippen LogP contribution >= 0.6 is 0 Å². The maximum Gasteiger partial charge on any atom is 0.273 e. The summed E-state index contributed by atoms with van der Waals surface area (Å²) in [5.41, 5.74) is 5.94. The SMILES string of the molecule is C=CC(=O)N(c1ncccn1)S(=O)(=O)c1ccc(N)cc1. The molecule has 0 aliphatic carbocycles. The van der Waals surface area contributed by atoms with Gasteiger partial charge in [-0.05, 0) is 36.4 Å². The first-order valence-corrected chi connectivity index (χ1v) is 7.25. The molecule has 2 rings (SSSR count). The molecule has 0 saturated heterocycles. The van der Waals surface area contributed by atoms with Crippen LogP contribution in [0.3, 0.4) is 0 Å². The Bertz CT molecular complexity index is 758. The van der Waals surface area contributed by atoms with Crippen LogP contribution in [0.4, 0.5) is 11.6 Å². The molecule has 1 aromatic carbocycles. The van der Waals surface area contributed by atoms with E-state index in [1.807, 2.05) is 0 Å². The zero-order valence-corrected chi connectivity index (χ0v) is 11.7. The Morgan fingerprint density at radius 3 is 2.29 bits per heavy atom. The third-order valence-corrected chi connectivity index (χ3v) is 4.22. The number of nitrogens with two attached hydrogens (primary N) is 1. The number of anilines is 2. The lowest BCUT2D eigenvalue weighted by Gasteiger charge is -2.18. The van der Waals surface area contributed by atoms with E-state index in [0.717, 1.165) is 6.08 Å². The van der Waals surface area contributed by atoms with Gasteiger partial charge in [-0.15, -0.1) is 0 Å². The van der Waals surface area contributed by atoms with Gasteiger partial charge in [0.2, 0.25) is 5.95 Å². The van der Waals surface area contributed by atoms with Gasteiger partial charge < -0.3 is 5.73 Å². The van der Waals surface area contributed by atoms with E-state index in [2.05, 4.69) is 16.5 Å². The number of aromatic nitrogens is 2. The Hall–Kier alpha value is -2.74. The minimum atomic E-state index is -4.15. The van der Waals surface area contributed by atoms with E-state index in [1.165, 1.54) is 42.7 Å². The maximum absolute atomic E-state index is 12.6. The van der Waals surface area contributed by atoms with E-state index in [9.17, 15) is 13.2 Å². The first-order chi connectivity index (χ1) is 9.96. The molecule has 21 heavy (non-hydrogen) atoms. The van der Waals surface area contributed by atoms with Crippen molar-refractivity contribution in [3.8, 4) is 0 Å². The molecule has 2 N–H and O–H groups in total. The highest BCUT2D eigenvalue weighted by Gasteiger charge is 2.31. The van der Waals surface area contributed by atoms with Crippen LogP contribution in [-0.2, 0) is 14.8 Å². The zero-order chi connectivity index (χ0) is 15.5. The molecule has 0 saturated carbocycles. The van der Waals surface area contributed by atoms with Crippen molar-refractivity contribution in [2.45, 2.75) is 4.90 Å². The zero-order valence-electron chi connectivity index (χ0n) is 10.9. The summed E-state index contributed by atoms with van der Waals surface area (Å²) in [7, 11) is -4.15. The van der Waals surface area contributed by atoms with Crippen LogP contribution in [-0.4, -0.2) is 24.3 Å². The molecular formula is C13H12N4O3S. The van der Waals surface area contributed by atoms with E-state index in [1.54, 1.807) is 0 Å². The number of hydrogen-bond acceptors (Lipinski definition) is 6. The van der Waals surface area contributed by atoms with E-state index in [0.29, 0.717) is 9.99 Å². The quantitative estimate of drug-likeness (QED) is 0.666. The number of rotatable bonds is 4. The molecule has 1 aromatic heterocycles. The van der Waals surface area contributed by atoms with Crippen molar-refractivity contribution in [1.29, 1.82) is 0 Å². The third-order valence-electron chi connectivity index (χ3n) is 2.53. The van der Waals surface area contributed by atoms with Crippen LogP contribution in [0, 0.1) is 0 Å². The van der Waals surface area contributed by atoms with Crippen molar-refractivity contribution < 1.29 is 13.2 Å². The fourth-order valence-corrected chi connectivity index (χ4v) is 2.86. The summed E-state index contributed by atoms with van der Waals surface area (Å²) < 4.78 is 25.7. The van der Waals surface area contributed by atoms with Gasteiger partial charge in [0, 0.05) is 18.1 Å². The van der Waals surface area contributed by atoms with Gasteiger partial charge in [0.1, 0.15) is 0 Å². The van der Waals surface area contributed by atoms with Gasteiger partial charge in [-0.1, -0.05) is 6.58 Å². The number of carbonyl (C=O) groups excluding carboxylic acids is 1. The van der Waals surface area contributed by atoms with Crippen molar-refractivity contribution in [2.75, 3.05) is 10.0 Å². The number of benzene rings is 1. The summed E-state index contributed by atoms with van der Waals surface area (Å²) in [6.45, 7) is 3.30. The Balaban J connectivity index is 2.58. The normalized spacial score (nSPS) is 10.9. The topological polar surface area (TPSA) is 106 Å². The molecule has 7 nitrogen and oxygen atoms in total. The second kappa shape index (κ2) is 5.71. The number of amides is 1. The molecule has 0 fully saturated rings. The third kappa shape index (κ3) is 2.90. The van der Waals surface area contributed by atoms with Crippen molar-refractivity contribution in [3.05, 3.63) is 55.4 Å². The molecule has 0 bridgehead atoms. The summed E-state index contributed by atoms with van der Waals surface area (Å²) in [6.07, 6.45) is 3.56. The first-order valence-electron chi connectivity index (χ1n) is 5.81. The summed E-state index contributed by atoms with van der Waals surface area (Å²) in [5, 5.41) is 0. The molecule has 8 heteroatoms. The molecule has 0 unspecified atom stereocenters. The van der Waals surface area contributed by atoms with Gasteiger partial charge in [0.25, 0.3) is 15.9 Å². The highest BCUT2D eigenvalue weighted by Crippen LogP contribution is 2.21. The van der Waals surface area contributed by atoms with E-state index >= 15 is 0 Å². The molecule has 0 atom stereocenters. The predicted octanol–water partition coefficient (Wildman–Crippen LogP) is 0.967. The Kier molecular flexibility index (Phi) is 3.99. The number of sulfonamides is 1. The van der Waals surface area contributed by atoms with Crippen LogP contribution < -0.4 is 10.0 Å². The minimum absolute atomic E-state index is 0.0978. The number of nitrogens with zero attached hydrogens (tertiary/aromatic N) is 3. The summed E-state index contributed by atoms with van der Waals surface area (Å²) in [6, 6.07) is 6.97. The molecule has 2 aromatic rings. The van der Waals surface area contributed by atoms with E-state index in [4.69, 9.17) is 5.73 Å². The Labute approximate surface area is 121 Å². The molecule has 0 spiro atoms. The smallest absolute Gasteiger partial charge is 0.273 e. The lowest BCUT2D eigenvalue weighted by Crippen LogP contribution is -2.37. The Morgan fingerprint density at radius 1 is 1.19 bits per heavy atom. The Morgan fingerprint density at radius 2 is 1.76 bits per heavy atom. The lowest BCUT2D eigenvalue weighted by atomic mass is 10.3.